The third kappa shape index (κ3) is 2.15. The van der Waals surface area contributed by atoms with Gasteiger partial charge >= 0.3 is 5.97 Å². The largest absolute Gasteiger partial charge is 0.496 e. The van der Waals surface area contributed by atoms with Crippen molar-refractivity contribution in [2.45, 2.75) is 11.4 Å². The second kappa shape index (κ2) is 4.76. The minimum Gasteiger partial charge on any atom is -0.496 e. The van der Waals surface area contributed by atoms with Crippen LogP contribution in [0.1, 0.15) is 10.9 Å². The van der Waals surface area contributed by atoms with Gasteiger partial charge in [0, 0.05) is 11.3 Å². The van der Waals surface area contributed by atoms with Crippen LogP contribution >= 0.6 is 11.8 Å². The second-order valence-corrected chi connectivity index (χ2v) is 4.65. The van der Waals surface area contributed by atoms with E-state index in [2.05, 4.69) is 5.32 Å². The lowest BCUT2D eigenvalue weighted by Gasteiger charge is -2.14. The van der Waals surface area contributed by atoms with Crippen LogP contribution in [0.2, 0.25) is 0 Å². The van der Waals surface area contributed by atoms with Crippen molar-refractivity contribution in [1.82, 2.24) is 5.32 Å². The number of benzene rings is 1. The highest BCUT2D eigenvalue weighted by Crippen LogP contribution is 2.37. The molecule has 0 amide bonds. The minimum atomic E-state index is -0.801. The van der Waals surface area contributed by atoms with E-state index < -0.39 is 12.0 Å². The topological polar surface area (TPSA) is 58.6 Å². The highest BCUT2D eigenvalue weighted by atomic mass is 32.2. The molecule has 2 rings (SSSR count). The Labute approximate surface area is 98.0 Å². The predicted molar refractivity (Wildman–Crippen MR) is 62.8 cm³/mol. The molecule has 1 fully saturated rings. The Morgan fingerprint density at radius 1 is 1.56 bits per heavy atom. The Morgan fingerprint density at radius 2 is 2.31 bits per heavy atom. The van der Waals surface area contributed by atoms with Crippen molar-refractivity contribution in [2.75, 3.05) is 12.9 Å². The molecule has 0 bridgehead atoms. The fourth-order valence-electron chi connectivity index (χ4n) is 1.68. The predicted octanol–water partition coefficient (Wildman–Crippen LogP) is 1.48. The molecule has 1 unspecified atom stereocenters. The molecule has 4 nitrogen and oxygen atoms in total. The fraction of sp³-hybridized carbons (Fsp3) is 0.364. The number of rotatable bonds is 3. The molecule has 1 aromatic rings. The van der Waals surface area contributed by atoms with Gasteiger partial charge in [0.05, 0.1) is 12.5 Å². The number of hydrogen-bond donors (Lipinski definition) is 2. The zero-order chi connectivity index (χ0) is 11.5. The Hall–Kier alpha value is -1.20. The summed E-state index contributed by atoms with van der Waals surface area (Å²) in [6.45, 7) is 0. The zero-order valence-electron chi connectivity index (χ0n) is 8.84. The first kappa shape index (κ1) is 11.3. The van der Waals surface area contributed by atoms with E-state index in [0.29, 0.717) is 5.75 Å². The lowest BCUT2D eigenvalue weighted by atomic mass is 10.2. The standard InChI is InChI=1S/C11H13NO3S/c1-15-9-5-3-2-4-7(9)10-12-8(6-16-10)11(13)14/h2-5,8,10,12H,6H2,1H3,(H,13,14)/t8-,10?/m0/s1. The molecule has 0 radical (unpaired) electrons. The smallest absolute Gasteiger partial charge is 0.321 e. The number of thioether (sulfide) groups is 1. The molecule has 86 valence electrons. The molecule has 1 saturated heterocycles. The Kier molecular flexibility index (Phi) is 3.36. The van der Waals surface area contributed by atoms with Gasteiger partial charge in [0.25, 0.3) is 0 Å². The van der Waals surface area contributed by atoms with Crippen molar-refractivity contribution >= 4 is 17.7 Å². The van der Waals surface area contributed by atoms with Crippen molar-refractivity contribution in [3.63, 3.8) is 0 Å². The summed E-state index contributed by atoms with van der Waals surface area (Å²) >= 11 is 1.59. The quantitative estimate of drug-likeness (QED) is 0.836. The SMILES string of the molecule is COc1ccccc1C1N[C@H](C(=O)O)CS1. The molecule has 0 saturated carbocycles. The maximum atomic E-state index is 10.8. The summed E-state index contributed by atoms with van der Waals surface area (Å²) in [7, 11) is 1.62. The summed E-state index contributed by atoms with van der Waals surface area (Å²) in [4.78, 5) is 10.8. The number of nitrogens with one attached hydrogen (secondary N) is 1. The van der Waals surface area contributed by atoms with Crippen LogP contribution in [0.3, 0.4) is 0 Å². The van der Waals surface area contributed by atoms with Crippen LogP contribution in [-0.4, -0.2) is 30.0 Å². The summed E-state index contributed by atoms with van der Waals surface area (Å²) in [6.07, 6.45) is 0. The van der Waals surface area contributed by atoms with Crippen LogP contribution in [-0.2, 0) is 4.79 Å². The maximum Gasteiger partial charge on any atom is 0.321 e. The van der Waals surface area contributed by atoms with Crippen LogP contribution in [0.25, 0.3) is 0 Å². The summed E-state index contributed by atoms with van der Waals surface area (Å²) < 4.78 is 5.25. The van der Waals surface area contributed by atoms with Gasteiger partial charge in [-0.3, -0.25) is 10.1 Å². The van der Waals surface area contributed by atoms with E-state index in [0.717, 1.165) is 11.3 Å². The second-order valence-electron chi connectivity index (χ2n) is 3.51. The lowest BCUT2D eigenvalue weighted by Crippen LogP contribution is -2.33. The third-order valence-corrected chi connectivity index (χ3v) is 3.75. The van der Waals surface area contributed by atoms with Gasteiger partial charge in [0.15, 0.2) is 0 Å². The highest BCUT2D eigenvalue weighted by Gasteiger charge is 2.31. The van der Waals surface area contributed by atoms with E-state index >= 15 is 0 Å². The average molecular weight is 239 g/mol. The number of methoxy groups -OCH3 is 1. The number of carbonyl (C=O) groups is 1. The van der Waals surface area contributed by atoms with E-state index in [4.69, 9.17) is 9.84 Å². The molecule has 1 aliphatic rings. The van der Waals surface area contributed by atoms with Crippen molar-refractivity contribution in [2.24, 2.45) is 0 Å². The van der Waals surface area contributed by atoms with Crippen LogP contribution in [0.15, 0.2) is 24.3 Å². The van der Waals surface area contributed by atoms with E-state index in [1.807, 2.05) is 24.3 Å². The highest BCUT2D eigenvalue weighted by molar-refractivity contribution is 7.99. The van der Waals surface area contributed by atoms with E-state index in [9.17, 15) is 4.79 Å². The summed E-state index contributed by atoms with van der Waals surface area (Å²) in [5.74, 6) is 0.571. The molecular formula is C11H13NO3S. The number of aliphatic carboxylic acids is 1. The molecule has 1 heterocycles. The fourth-order valence-corrected chi connectivity index (χ4v) is 2.94. The summed E-state index contributed by atoms with van der Waals surface area (Å²) in [6, 6.07) is 7.18. The molecule has 1 aromatic carbocycles. The lowest BCUT2D eigenvalue weighted by molar-refractivity contribution is -0.138. The Balaban J connectivity index is 2.17. The summed E-state index contributed by atoms with van der Waals surface area (Å²) in [5.41, 5.74) is 0.999. The monoisotopic (exact) mass is 239 g/mol. The average Bonchev–Trinajstić information content (AvgIpc) is 2.78. The van der Waals surface area contributed by atoms with Crippen molar-refractivity contribution < 1.29 is 14.6 Å². The first-order valence-corrected chi connectivity index (χ1v) is 6.00. The van der Waals surface area contributed by atoms with Gasteiger partial charge in [0.1, 0.15) is 11.8 Å². The van der Waals surface area contributed by atoms with Crippen LogP contribution in [0.5, 0.6) is 5.75 Å². The molecule has 5 heteroatoms. The molecule has 2 N–H and O–H groups in total. The van der Waals surface area contributed by atoms with Gasteiger partial charge in [-0.25, -0.2) is 0 Å². The van der Waals surface area contributed by atoms with Gasteiger partial charge in [-0.2, -0.15) is 0 Å². The van der Waals surface area contributed by atoms with Crippen LogP contribution in [0.4, 0.5) is 0 Å². The molecular weight excluding hydrogens is 226 g/mol. The number of carboxylic acids is 1. The zero-order valence-corrected chi connectivity index (χ0v) is 9.66. The first-order chi connectivity index (χ1) is 7.72. The van der Waals surface area contributed by atoms with Gasteiger partial charge in [-0.1, -0.05) is 18.2 Å². The van der Waals surface area contributed by atoms with E-state index in [1.165, 1.54) is 0 Å². The number of para-hydroxylation sites is 1. The normalized spacial score (nSPS) is 24.3. The number of ether oxygens (including phenoxy) is 1. The van der Waals surface area contributed by atoms with Crippen molar-refractivity contribution in [1.29, 1.82) is 0 Å². The Morgan fingerprint density at radius 3 is 2.94 bits per heavy atom. The molecule has 1 aliphatic heterocycles. The van der Waals surface area contributed by atoms with Crippen molar-refractivity contribution in [3.05, 3.63) is 29.8 Å². The molecule has 0 spiro atoms. The van der Waals surface area contributed by atoms with Gasteiger partial charge < -0.3 is 9.84 Å². The first-order valence-electron chi connectivity index (χ1n) is 4.95. The molecule has 0 aliphatic carbocycles. The van der Waals surface area contributed by atoms with E-state index in [1.54, 1.807) is 18.9 Å². The van der Waals surface area contributed by atoms with Gasteiger partial charge in [-0.05, 0) is 6.07 Å². The van der Waals surface area contributed by atoms with Crippen molar-refractivity contribution in [3.8, 4) is 5.75 Å². The maximum absolute atomic E-state index is 10.8. The number of carboxylic acid groups (broad SMARTS) is 1. The Bertz CT molecular complexity index is 397. The molecule has 0 aromatic heterocycles. The number of hydrogen-bond acceptors (Lipinski definition) is 4. The molecule has 2 atom stereocenters. The third-order valence-electron chi connectivity index (χ3n) is 2.50. The van der Waals surface area contributed by atoms with E-state index in [-0.39, 0.29) is 5.37 Å². The van der Waals surface area contributed by atoms with Gasteiger partial charge in [-0.15, -0.1) is 11.8 Å². The van der Waals surface area contributed by atoms with Gasteiger partial charge in [0.2, 0.25) is 0 Å². The van der Waals surface area contributed by atoms with Crippen LogP contribution < -0.4 is 10.1 Å². The van der Waals surface area contributed by atoms with Crippen LogP contribution in [0, 0.1) is 0 Å². The molecule has 16 heavy (non-hydrogen) atoms. The minimum absolute atomic E-state index is 0.00255. The summed E-state index contributed by atoms with van der Waals surface area (Å²) in [5, 5.41) is 12.0.